The van der Waals surface area contributed by atoms with Crippen LogP contribution < -0.4 is 9.64 Å². The maximum absolute atomic E-state index is 13.1. The highest BCUT2D eigenvalue weighted by molar-refractivity contribution is 8.14. The predicted octanol–water partition coefficient (Wildman–Crippen LogP) is 5.80. The van der Waals surface area contributed by atoms with Crippen LogP contribution in [0.4, 0.5) is 14.5 Å². The molecule has 6 nitrogen and oxygen atoms in total. The van der Waals surface area contributed by atoms with Crippen molar-refractivity contribution in [2.24, 2.45) is 4.99 Å². The summed E-state index contributed by atoms with van der Waals surface area (Å²) in [5, 5.41) is 0.295. The first-order valence-electron chi connectivity index (χ1n) is 10.4. The third kappa shape index (κ3) is 5.43. The van der Waals surface area contributed by atoms with Crippen LogP contribution in [-0.4, -0.2) is 29.2 Å². The lowest BCUT2D eigenvalue weighted by Crippen LogP contribution is -2.30. The minimum Gasteiger partial charge on any atom is -0.465 e. The van der Waals surface area contributed by atoms with Crippen LogP contribution in [0.1, 0.15) is 28.6 Å². The van der Waals surface area contributed by atoms with E-state index in [0.717, 1.165) is 23.7 Å². The van der Waals surface area contributed by atoms with Crippen molar-refractivity contribution >= 4 is 40.4 Å². The van der Waals surface area contributed by atoms with Gasteiger partial charge in [-0.15, -0.1) is 0 Å². The van der Waals surface area contributed by atoms with Gasteiger partial charge in [0.1, 0.15) is 17.2 Å². The number of amidine groups is 1. The topological polar surface area (TPSA) is 72.1 Å². The van der Waals surface area contributed by atoms with Crippen LogP contribution in [0.25, 0.3) is 6.08 Å². The highest BCUT2D eigenvalue weighted by Crippen LogP contribution is 2.31. The number of aliphatic imine (C=N–C) groups is 1. The summed E-state index contributed by atoms with van der Waals surface area (Å²) in [7, 11) is 0. The van der Waals surface area contributed by atoms with E-state index in [4.69, 9.17) is 4.42 Å². The molecule has 0 radical (unpaired) electrons. The van der Waals surface area contributed by atoms with E-state index >= 15 is 0 Å². The summed E-state index contributed by atoms with van der Waals surface area (Å²) < 4.78 is 34.6. The molecular weight excluding hydrogens is 462 g/mol. The number of ketones is 1. The van der Waals surface area contributed by atoms with Crippen LogP contribution in [0.5, 0.6) is 5.75 Å². The van der Waals surface area contributed by atoms with Gasteiger partial charge in [0, 0.05) is 11.6 Å². The number of furan rings is 1. The molecule has 0 aliphatic carbocycles. The number of nitrogens with zero attached hydrogens (tertiary/aromatic N) is 2. The van der Waals surface area contributed by atoms with Crippen LogP contribution in [-0.2, 0) is 11.2 Å². The molecule has 0 fully saturated rings. The molecule has 1 aromatic heterocycles. The molecule has 0 saturated carbocycles. The number of carbonyl (C=O) groups is 2. The molecular formula is C25H20F2N2O4S. The van der Waals surface area contributed by atoms with Gasteiger partial charge in [-0.05, 0) is 48.4 Å². The first-order chi connectivity index (χ1) is 16.4. The van der Waals surface area contributed by atoms with E-state index in [1.54, 1.807) is 24.3 Å². The Morgan fingerprint density at radius 1 is 1.15 bits per heavy atom. The molecule has 1 amide bonds. The van der Waals surface area contributed by atoms with Gasteiger partial charge in [-0.3, -0.25) is 14.5 Å². The molecule has 34 heavy (non-hydrogen) atoms. The zero-order valence-corrected chi connectivity index (χ0v) is 18.9. The lowest BCUT2D eigenvalue weighted by atomic mass is 10.1. The lowest BCUT2D eigenvalue weighted by Gasteiger charge is -2.18. The molecule has 4 rings (SSSR count). The fourth-order valence-corrected chi connectivity index (χ4v) is 4.15. The predicted molar refractivity (Wildman–Crippen MR) is 127 cm³/mol. The Balaban J connectivity index is 1.57. The normalized spacial score (nSPS) is 14.7. The van der Waals surface area contributed by atoms with Gasteiger partial charge in [0.25, 0.3) is 5.91 Å². The number of hydrogen-bond acceptors (Lipinski definition) is 6. The Labute approximate surface area is 198 Å². The van der Waals surface area contributed by atoms with Crippen LogP contribution in [0.2, 0.25) is 0 Å². The second-order valence-electron chi connectivity index (χ2n) is 7.21. The van der Waals surface area contributed by atoms with Crippen molar-refractivity contribution in [3.05, 3.63) is 89.5 Å². The fraction of sp³-hybridized carbons (Fsp3) is 0.160. The Morgan fingerprint density at radius 3 is 2.50 bits per heavy atom. The number of carbonyl (C=O) groups excluding carboxylic acids is 2. The Kier molecular flexibility index (Phi) is 7.22. The Hall–Kier alpha value is -3.72. The van der Waals surface area contributed by atoms with E-state index in [1.807, 2.05) is 19.1 Å². The second kappa shape index (κ2) is 10.5. The number of rotatable bonds is 8. The van der Waals surface area contributed by atoms with Crippen molar-refractivity contribution in [1.29, 1.82) is 0 Å². The quantitative estimate of drug-likeness (QED) is 0.300. The Morgan fingerprint density at radius 2 is 1.88 bits per heavy atom. The van der Waals surface area contributed by atoms with E-state index in [0.29, 0.717) is 22.2 Å². The number of benzene rings is 2. The smallest absolute Gasteiger partial charge is 0.387 e. The molecule has 0 unspecified atom stereocenters. The summed E-state index contributed by atoms with van der Waals surface area (Å²) in [5.74, 6) is -0.0537. The van der Waals surface area contributed by atoms with Gasteiger partial charge < -0.3 is 9.15 Å². The first-order valence-corrected chi connectivity index (χ1v) is 11.4. The zero-order chi connectivity index (χ0) is 24.1. The number of aryl methyl sites for hydroxylation is 1. The largest absolute Gasteiger partial charge is 0.465 e. The number of alkyl halides is 2. The lowest BCUT2D eigenvalue weighted by molar-refractivity contribution is -0.113. The first kappa shape index (κ1) is 23.4. The van der Waals surface area contributed by atoms with E-state index in [-0.39, 0.29) is 23.0 Å². The summed E-state index contributed by atoms with van der Waals surface area (Å²) in [5.41, 5.74) is 2.24. The van der Waals surface area contributed by atoms with Crippen LogP contribution >= 0.6 is 11.8 Å². The number of Topliss-reactive ketones (excluding diaryl/α,β-unsaturated/α-hetero) is 1. The summed E-state index contributed by atoms with van der Waals surface area (Å²) in [6.45, 7) is -0.913. The monoisotopic (exact) mass is 482 g/mol. The third-order valence-corrected chi connectivity index (χ3v) is 5.93. The van der Waals surface area contributed by atoms with Crippen molar-refractivity contribution in [2.45, 2.75) is 20.0 Å². The zero-order valence-electron chi connectivity index (χ0n) is 18.1. The van der Waals surface area contributed by atoms with E-state index in [9.17, 15) is 18.4 Å². The number of halogens is 2. The van der Waals surface area contributed by atoms with E-state index in [1.165, 1.54) is 41.5 Å². The van der Waals surface area contributed by atoms with E-state index < -0.39 is 12.5 Å². The Bertz CT molecular complexity index is 1220. The molecule has 0 atom stereocenters. The minimum absolute atomic E-state index is 0.0337. The van der Waals surface area contributed by atoms with Gasteiger partial charge in [0.2, 0.25) is 0 Å². The molecule has 0 bridgehead atoms. The average molecular weight is 483 g/mol. The van der Waals surface area contributed by atoms with Crippen molar-refractivity contribution in [3.63, 3.8) is 0 Å². The number of thioether (sulfide) groups is 1. The van der Waals surface area contributed by atoms with Gasteiger partial charge in [-0.1, -0.05) is 43.0 Å². The van der Waals surface area contributed by atoms with Gasteiger partial charge >= 0.3 is 6.61 Å². The molecule has 1 aliphatic rings. The summed E-state index contributed by atoms with van der Waals surface area (Å²) in [4.78, 5) is 31.6. The maximum Gasteiger partial charge on any atom is 0.387 e. The second-order valence-corrected chi connectivity index (χ2v) is 8.16. The highest BCUT2D eigenvalue weighted by Gasteiger charge is 2.32. The highest BCUT2D eigenvalue weighted by atomic mass is 32.2. The number of hydrogen-bond donors (Lipinski definition) is 0. The van der Waals surface area contributed by atoms with Crippen LogP contribution in [0, 0.1) is 0 Å². The minimum atomic E-state index is -2.95. The SMILES string of the molecule is CCc1ccc(C(=O)CSC2=N/C(=C/c3ccco3)C(=O)N2c2ccc(OC(F)F)cc2)cc1. The van der Waals surface area contributed by atoms with Crippen molar-refractivity contribution in [2.75, 3.05) is 10.7 Å². The summed E-state index contributed by atoms with van der Waals surface area (Å²) in [6.07, 6.45) is 3.86. The average Bonchev–Trinajstić information content (AvgIpc) is 3.46. The number of ether oxygens (including phenoxy) is 1. The molecule has 174 valence electrons. The van der Waals surface area contributed by atoms with Gasteiger partial charge in [0.05, 0.1) is 17.7 Å². The molecule has 0 spiro atoms. The molecule has 2 heterocycles. The maximum atomic E-state index is 13.1. The van der Waals surface area contributed by atoms with Crippen LogP contribution in [0.15, 0.2) is 82.0 Å². The van der Waals surface area contributed by atoms with Crippen molar-refractivity contribution in [3.8, 4) is 5.75 Å². The number of amides is 1. The summed E-state index contributed by atoms with van der Waals surface area (Å²) in [6, 6.07) is 16.4. The van der Waals surface area contributed by atoms with Gasteiger partial charge in [0.15, 0.2) is 11.0 Å². The molecule has 0 saturated heterocycles. The fourth-order valence-electron chi connectivity index (χ4n) is 3.25. The van der Waals surface area contributed by atoms with Gasteiger partial charge in [-0.25, -0.2) is 4.99 Å². The van der Waals surface area contributed by atoms with Crippen molar-refractivity contribution < 1.29 is 27.5 Å². The third-order valence-electron chi connectivity index (χ3n) is 4.99. The van der Waals surface area contributed by atoms with Crippen molar-refractivity contribution in [1.82, 2.24) is 0 Å². The molecule has 9 heteroatoms. The standard InChI is InChI=1S/C25H20F2N2O4S/c1-2-16-5-7-17(8-6-16)22(30)15-34-25-28-21(14-20-4-3-13-32-20)23(31)29(25)18-9-11-19(12-10-18)33-24(26)27/h3-14,24H,2,15H2,1H3/b21-14+. The number of anilines is 1. The summed E-state index contributed by atoms with van der Waals surface area (Å²) >= 11 is 1.12. The van der Waals surface area contributed by atoms with Gasteiger partial charge in [-0.2, -0.15) is 8.78 Å². The van der Waals surface area contributed by atoms with Crippen LogP contribution in [0.3, 0.4) is 0 Å². The molecule has 0 N–H and O–H groups in total. The molecule has 3 aromatic rings. The molecule has 2 aromatic carbocycles. The molecule has 1 aliphatic heterocycles. The van der Waals surface area contributed by atoms with E-state index in [2.05, 4.69) is 9.73 Å².